The SMILES string of the molecule is CCC1(C(=O)O)CCCN1C(=O)COCCNC(=O)OCC1c2ccccc2-c2ccccc21. The first-order chi connectivity index (χ1) is 16.5. The molecule has 1 aliphatic carbocycles. The highest BCUT2D eigenvalue weighted by molar-refractivity contribution is 5.88. The highest BCUT2D eigenvalue weighted by atomic mass is 16.5. The number of hydrogen-bond acceptors (Lipinski definition) is 5. The van der Waals surface area contributed by atoms with Crippen molar-refractivity contribution in [3.8, 4) is 11.1 Å². The number of carbonyl (C=O) groups excluding carboxylic acids is 2. The minimum Gasteiger partial charge on any atom is -0.479 e. The molecule has 4 rings (SSSR count). The smallest absolute Gasteiger partial charge is 0.407 e. The minimum atomic E-state index is -1.14. The van der Waals surface area contributed by atoms with Gasteiger partial charge in [-0.15, -0.1) is 0 Å². The first kappa shape index (κ1) is 23.8. The van der Waals surface area contributed by atoms with E-state index in [1.807, 2.05) is 24.3 Å². The van der Waals surface area contributed by atoms with Gasteiger partial charge in [-0.1, -0.05) is 55.5 Å². The Balaban J connectivity index is 1.20. The van der Waals surface area contributed by atoms with E-state index >= 15 is 0 Å². The second kappa shape index (κ2) is 10.3. The molecule has 1 unspecified atom stereocenters. The number of carboxylic acid groups (broad SMARTS) is 1. The van der Waals surface area contributed by atoms with Crippen LogP contribution in [0, 0.1) is 0 Å². The van der Waals surface area contributed by atoms with Crippen LogP contribution in [0.1, 0.15) is 43.2 Å². The summed E-state index contributed by atoms with van der Waals surface area (Å²) in [5.41, 5.74) is 3.48. The van der Waals surface area contributed by atoms with Crippen LogP contribution in [0.25, 0.3) is 11.1 Å². The molecule has 180 valence electrons. The second-order valence-corrected chi connectivity index (χ2v) is 8.64. The Kier molecular flexibility index (Phi) is 7.17. The molecule has 0 aromatic heterocycles. The van der Waals surface area contributed by atoms with Crippen molar-refractivity contribution < 1.29 is 29.0 Å². The number of alkyl carbamates (subject to hydrolysis) is 1. The average molecular weight is 467 g/mol. The summed E-state index contributed by atoms with van der Waals surface area (Å²) in [7, 11) is 0. The van der Waals surface area contributed by atoms with Crippen LogP contribution in [-0.2, 0) is 19.1 Å². The Bertz CT molecular complexity index is 1030. The number of nitrogens with one attached hydrogen (secondary N) is 1. The van der Waals surface area contributed by atoms with E-state index in [1.54, 1.807) is 6.92 Å². The third-order valence-corrected chi connectivity index (χ3v) is 6.86. The largest absolute Gasteiger partial charge is 0.479 e. The summed E-state index contributed by atoms with van der Waals surface area (Å²) < 4.78 is 10.9. The number of fused-ring (bicyclic) bond motifs is 3. The number of carboxylic acids is 1. The summed E-state index contributed by atoms with van der Waals surface area (Å²) in [4.78, 5) is 37.8. The molecule has 2 N–H and O–H groups in total. The van der Waals surface area contributed by atoms with Crippen molar-refractivity contribution in [3.05, 3.63) is 59.7 Å². The van der Waals surface area contributed by atoms with E-state index in [2.05, 4.69) is 29.6 Å². The Morgan fingerprint density at radius 2 is 1.74 bits per heavy atom. The van der Waals surface area contributed by atoms with Crippen LogP contribution >= 0.6 is 0 Å². The van der Waals surface area contributed by atoms with Crippen molar-refractivity contribution in [2.75, 3.05) is 32.9 Å². The molecule has 0 spiro atoms. The van der Waals surface area contributed by atoms with E-state index in [4.69, 9.17) is 9.47 Å². The highest BCUT2D eigenvalue weighted by Crippen LogP contribution is 2.44. The van der Waals surface area contributed by atoms with E-state index in [1.165, 1.54) is 4.90 Å². The van der Waals surface area contributed by atoms with Gasteiger partial charge >= 0.3 is 12.1 Å². The standard InChI is InChI=1S/C26H30N2O6/c1-2-26(24(30)31)12-7-14-28(26)23(29)17-33-15-13-27-25(32)34-16-22-20-10-5-3-8-18(20)19-9-4-6-11-21(19)22/h3-6,8-11,22H,2,7,12-17H2,1H3,(H,27,32)(H,30,31). The molecule has 2 aliphatic rings. The first-order valence-corrected chi connectivity index (χ1v) is 11.7. The summed E-state index contributed by atoms with van der Waals surface area (Å²) in [5, 5.41) is 12.2. The number of nitrogens with zero attached hydrogens (tertiary/aromatic N) is 1. The molecule has 2 aromatic rings. The van der Waals surface area contributed by atoms with E-state index < -0.39 is 17.6 Å². The van der Waals surface area contributed by atoms with Gasteiger partial charge in [-0.3, -0.25) is 4.79 Å². The molecule has 2 aromatic carbocycles. The van der Waals surface area contributed by atoms with E-state index in [-0.39, 0.29) is 38.2 Å². The molecule has 1 aliphatic heterocycles. The number of ether oxygens (including phenoxy) is 2. The molecule has 34 heavy (non-hydrogen) atoms. The molecule has 8 nitrogen and oxygen atoms in total. The second-order valence-electron chi connectivity index (χ2n) is 8.64. The van der Waals surface area contributed by atoms with Crippen LogP contribution in [0.5, 0.6) is 0 Å². The third-order valence-electron chi connectivity index (χ3n) is 6.86. The zero-order valence-electron chi connectivity index (χ0n) is 19.3. The molecule has 8 heteroatoms. The number of benzene rings is 2. The maximum Gasteiger partial charge on any atom is 0.407 e. The van der Waals surface area contributed by atoms with Crippen molar-refractivity contribution in [3.63, 3.8) is 0 Å². The van der Waals surface area contributed by atoms with Crippen LogP contribution in [0.2, 0.25) is 0 Å². The summed E-state index contributed by atoms with van der Waals surface area (Å²) in [6.07, 6.45) is 0.924. The Morgan fingerprint density at radius 1 is 1.09 bits per heavy atom. The quantitative estimate of drug-likeness (QED) is 0.549. The molecule has 0 bridgehead atoms. The van der Waals surface area contributed by atoms with Gasteiger partial charge in [-0.2, -0.15) is 0 Å². The molecule has 2 amide bonds. The number of aliphatic carboxylic acids is 1. The fourth-order valence-electron chi connectivity index (χ4n) is 5.10. The predicted octanol–water partition coefficient (Wildman–Crippen LogP) is 3.40. The van der Waals surface area contributed by atoms with Crippen LogP contribution in [-0.4, -0.2) is 66.4 Å². The van der Waals surface area contributed by atoms with Gasteiger partial charge in [0.15, 0.2) is 0 Å². The maximum atomic E-state index is 12.5. The summed E-state index contributed by atoms with van der Waals surface area (Å²) in [5.74, 6) is -1.33. The van der Waals surface area contributed by atoms with Crippen LogP contribution in [0.3, 0.4) is 0 Å². The third kappa shape index (κ3) is 4.50. The van der Waals surface area contributed by atoms with Crippen LogP contribution in [0.15, 0.2) is 48.5 Å². The van der Waals surface area contributed by atoms with Crippen molar-refractivity contribution in [2.24, 2.45) is 0 Å². The molecule has 1 fully saturated rings. The normalized spacial score (nSPS) is 18.9. The fraction of sp³-hybridized carbons (Fsp3) is 0.423. The van der Waals surface area contributed by atoms with Gasteiger partial charge in [0.05, 0.1) is 6.61 Å². The van der Waals surface area contributed by atoms with E-state index in [0.29, 0.717) is 25.8 Å². The molecule has 1 saturated heterocycles. The minimum absolute atomic E-state index is 0.0134. The zero-order chi connectivity index (χ0) is 24.1. The number of hydrogen-bond donors (Lipinski definition) is 2. The van der Waals surface area contributed by atoms with Gasteiger partial charge < -0.3 is 24.8 Å². The summed E-state index contributed by atoms with van der Waals surface area (Å²) in [6, 6.07) is 16.3. The van der Waals surface area contributed by atoms with Crippen molar-refractivity contribution in [2.45, 2.75) is 37.6 Å². The van der Waals surface area contributed by atoms with Crippen molar-refractivity contribution in [1.82, 2.24) is 10.2 Å². The lowest BCUT2D eigenvalue weighted by molar-refractivity contribution is -0.158. The highest BCUT2D eigenvalue weighted by Gasteiger charge is 2.48. The van der Waals surface area contributed by atoms with Gasteiger partial charge in [0.2, 0.25) is 5.91 Å². The average Bonchev–Trinajstić information content (AvgIpc) is 3.43. The van der Waals surface area contributed by atoms with Crippen molar-refractivity contribution >= 4 is 18.0 Å². The number of amides is 2. The lowest BCUT2D eigenvalue weighted by Crippen LogP contribution is -2.53. The van der Waals surface area contributed by atoms with Crippen molar-refractivity contribution in [1.29, 1.82) is 0 Å². The number of likely N-dealkylation sites (tertiary alicyclic amines) is 1. The van der Waals surface area contributed by atoms with Gasteiger partial charge in [0.1, 0.15) is 18.8 Å². The fourth-order valence-corrected chi connectivity index (χ4v) is 5.10. The zero-order valence-corrected chi connectivity index (χ0v) is 19.3. The van der Waals surface area contributed by atoms with Crippen LogP contribution < -0.4 is 5.32 Å². The Labute approximate surface area is 198 Å². The van der Waals surface area contributed by atoms with Gasteiger partial charge in [-0.05, 0) is 41.5 Å². The molecular formula is C26H30N2O6. The van der Waals surface area contributed by atoms with E-state index in [0.717, 1.165) is 22.3 Å². The maximum absolute atomic E-state index is 12.5. The Hall–Kier alpha value is -3.39. The van der Waals surface area contributed by atoms with E-state index in [9.17, 15) is 19.5 Å². The first-order valence-electron chi connectivity index (χ1n) is 11.7. The molecule has 0 saturated carbocycles. The lowest BCUT2D eigenvalue weighted by atomic mass is 9.93. The van der Waals surface area contributed by atoms with Crippen LogP contribution in [0.4, 0.5) is 4.79 Å². The van der Waals surface area contributed by atoms with Gasteiger partial charge in [0.25, 0.3) is 0 Å². The summed E-state index contributed by atoms with van der Waals surface area (Å²) >= 11 is 0. The Morgan fingerprint density at radius 3 is 2.35 bits per heavy atom. The summed E-state index contributed by atoms with van der Waals surface area (Å²) in [6.45, 7) is 2.50. The lowest BCUT2D eigenvalue weighted by Gasteiger charge is -2.33. The number of rotatable bonds is 9. The predicted molar refractivity (Wildman–Crippen MR) is 125 cm³/mol. The molecular weight excluding hydrogens is 436 g/mol. The number of carbonyl (C=O) groups is 3. The van der Waals surface area contributed by atoms with Gasteiger partial charge in [-0.25, -0.2) is 9.59 Å². The van der Waals surface area contributed by atoms with Gasteiger partial charge in [0, 0.05) is 19.0 Å². The topological polar surface area (TPSA) is 105 Å². The molecule has 0 radical (unpaired) electrons. The molecule has 1 heterocycles. The molecule has 1 atom stereocenters. The monoisotopic (exact) mass is 466 g/mol.